The van der Waals surface area contributed by atoms with Gasteiger partial charge in [-0.2, -0.15) is 0 Å². The number of benzene rings is 2. The van der Waals surface area contributed by atoms with E-state index < -0.39 is 11.9 Å². The summed E-state index contributed by atoms with van der Waals surface area (Å²) < 4.78 is 2.03. The van der Waals surface area contributed by atoms with Crippen LogP contribution in [-0.4, -0.2) is 16.1 Å². The van der Waals surface area contributed by atoms with Crippen molar-refractivity contribution >= 4 is 43.5 Å². The van der Waals surface area contributed by atoms with Crippen molar-refractivity contribution in [1.29, 1.82) is 0 Å². The Balaban J connectivity index is 1.91. The lowest BCUT2D eigenvalue weighted by Gasteiger charge is -2.11. The van der Waals surface area contributed by atoms with Crippen LogP contribution in [0.15, 0.2) is 53.0 Å². The smallest absolute Gasteiger partial charge is 0.311 e. The second-order valence-electron chi connectivity index (χ2n) is 4.72. The molecule has 2 aromatic carbocycles. The standard InChI is InChI=1S/C16H12BrNO2S/c17-11-7-5-10(6-8-11)12(16(19)20)9-15-18-13-3-1-2-4-14(13)21-15/h1-8,12H,9H2,(H,19,20). The van der Waals surface area contributed by atoms with Crippen LogP contribution in [0.25, 0.3) is 10.2 Å². The Labute approximate surface area is 134 Å². The molecule has 0 saturated carbocycles. The minimum atomic E-state index is -0.823. The zero-order valence-corrected chi connectivity index (χ0v) is 13.4. The zero-order valence-electron chi connectivity index (χ0n) is 11.0. The lowest BCUT2D eigenvalue weighted by atomic mass is 9.96. The molecule has 0 radical (unpaired) electrons. The summed E-state index contributed by atoms with van der Waals surface area (Å²) in [6, 6.07) is 15.3. The molecular weight excluding hydrogens is 350 g/mol. The van der Waals surface area contributed by atoms with Crippen LogP contribution >= 0.6 is 27.3 Å². The van der Waals surface area contributed by atoms with Crippen LogP contribution < -0.4 is 0 Å². The van der Waals surface area contributed by atoms with Crippen LogP contribution in [0.4, 0.5) is 0 Å². The summed E-state index contributed by atoms with van der Waals surface area (Å²) in [5, 5.41) is 10.4. The quantitative estimate of drug-likeness (QED) is 0.745. The van der Waals surface area contributed by atoms with Gasteiger partial charge in [0.15, 0.2) is 0 Å². The Morgan fingerprint density at radius 2 is 1.90 bits per heavy atom. The van der Waals surface area contributed by atoms with Gasteiger partial charge in [-0.3, -0.25) is 4.79 Å². The highest BCUT2D eigenvalue weighted by atomic mass is 79.9. The van der Waals surface area contributed by atoms with Crippen LogP contribution in [0.2, 0.25) is 0 Å². The molecule has 0 bridgehead atoms. The molecule has 0 fully saturated rings. The topological polar surface area (TPSA) is 50.2 Å². The maximum absolute atomic E-state index is 11.6. The Bertz CT molecular complexity index is 749. The van der Waals surface area contributed by atoms with E-state index in [2.05, 4.69) is 20.9 Å². The van der Waals surface area contributed by atoms with Crippen LogP contribution in [0.3, 0.4) is 0 Å². The Kier molecular flexibility index (Phi) is 4.03. The van der Waals surface area contributed by atoms with Gasteiger partial charge in [0.1, 0.15) is 0 Å². The molecule has 0 aliphatic rings. The van der Waals surface area contributed by atoms with Crippen molar-refractivity contribution in [1.82, 2.24) is 4.98 Å². The predicted molar refractivity (Wildman–Crippen MR) is 87.8 cm³/mol. The van der Waals surface area contributed by atoms with E-state index in [1.54, 1.807) is 11.3 Å². The number of aromatic nitrogens is 1. The largest absolute Gasteiger partial charge is 0.481 e. The fourth-order valence-electron chi connectivity index (χ4n) is 2.22. The Morgan fingerprint density at radius 3 is 2.57 bits per heavy atom. The average Bonchev–Trinajstić information content (AvgIpc) is 2.88. The molecule has 1 heterocycles. The molecule has 5 heteroatoms. The first kappa shape index (κ1) is 14.2. The number of hydrogen-bond donors (Lipinski definition) is 1. The molecule has 3 aromatic rings. The molecule has 0 spiro atoms. The van der Waals surface area contributed by atoms with Crippen molar-refractivity contribution in [2.45, 2.75) is 12.3 Å². The van der Waals surface area contributed by atoms with E-state index in [1.165, 1.54) is 0 Å². The summed E-state index contributed by atoms with van der Waals surface area (Å²) in [7, 11) is 0. The zero-order chi connectivity index (χ0) is 14.8. The lowest BCUT2D eigenvalue weighted by molar-refractivity contribution is -0.138. The number of aliphatic carboxylic acids is 1. The molecule has 3 nitrogen and oxygen atoms in total. The number of carboxylic acids is 1. The molecule has 1 atom stereocenters. The highest BCUT2D eigenvalue weighted by Gasteiger charge is 2.22. The van der Waals surface area contributed by atoms with Crippen LogP contribution in [0.5, 0.6) is 0 Å². The SMILES string of the molecule is O=C(O)C(Cc1nc2ccccc2s1)c1ccc(Br)cc1. The minimum absolute atomic E-state index is 0.413. The molecule has 21 heavy (non-hydrogen) atoms. The molecule has 1 N–H and O–H groups in total. The van der Waals surface area contributed by atoms with Gasteiger partial charge in [0, 0.05) is 10.9 Å². The number of hydrogen-bond acceptors (Lipinski definition) is 3. The van der Waals surface area contributed by atoms with Crippen molar-refractivity contribution in [3.8, 4) is 0 Å². The van der Waals surface area contributed by atoms with E-state index in [0.29, 0.717) is 6.42 Å². The number of carboxylic acid groups (broad SMARTS) is 1. The number of fused-ring (bicyclic) bond motifs is 1. The average molecular weight is 362 g/mol. The van der Waals surface area contributed by atoms with Gasteiger partial charge in [0.25, 0.3) is 0 Å². The second kappa shape index (κ2) is 5.95. The number of para-hydroxylation sites is 1. The van der Waals surface area contributed by atoms with Crippen LogP contribution in [-0.2, 0) is 11.2 Å². The van der Waals surface area contributed by atoms with Crippen molar-refractivity contribution in [2.75, 3.05) is 0 Å². The van der Waals surface area contributed by atoms with Crippen LogP contribution in [0, 0.1) is 0 Å². The Hall–Kier alpha value is -1.72. The molecule has 0 aliphatic carbocycles. The normalized spacial score (nSPS) is 12.4. The van der Waals surface area contributed by atoms with Gasteiger partial charge in [0.05, 0.1) is 21.1 Å². The summed E-state index contributed by atoms with van der Waals surface area (Å²) in [5.41, 5.74) is 1.72. The third-order valence-electron chi connectivity index (χ3n) is 3.29. The predicted octanol–water partition coefficient (Wildman–Crippen LogP) is 4.47. The van der Waals surface area contributed by atoms with E-state index in [1.807, 2.05) is 48.5 Å². The van der Waals surface area contributed by atoms with E-state index in [4.69, 9.17) is 0 Å². The first-order valence-corrected chi connectivity index (χ1v) is 8.07. The first-order chi connectivity index (χ1) is 10.1. The van der Waals surface area contributed by atoms with E-state index in [-0.39, 0.29) is 0 Å². The van der Waals surface area contributed by atoms with E-state index in [0.717, 1.165) is 25.3 Å². The molecule has 1 unspecified atom stereocenters. The van der Waals surface area contributed by atoms with Crippen molar-refractivity contribution < 1.29 is 9.90 Å². The van der Waals surface area contributed by atoms with Crippen LogP contribution in [0.1, 0.15) is 16.5 Å². The summed E-state index contributed by atoms with van der Waals surface area (Å²) in [4.78, 5) is 16.1. The van der Waals surface area contributed by atoms with Crippen molar-refractivity contribution in [3.63, 3.8) is 0 Å². The molecule has 0 aliphatic heterocycles. The van der Waals surface area contributed by atoms with Gasteiger partial charge in [0.2, 0.25) is 0 Å². The highest BCUT2D eigenvalue weighted by Crippen LogP contribution is 2.28. The second-order valence-corrected chi connectivity index (χ2v) is 6.75. The van der Waals surface area contributed by atoms with Gasteiger partial charge in [-0.1, -0.05) is 40.2 Å². The third-order valence-corrected chi connectivity index (χ3v) is 4.87. The lowest BCUT2D eigenvalue weighted by Crippen LogP contribution is -2.14. The monoisotopic (exact) mass is 361 g/mol. The number of halogens is 1. The summed E-state index contributed by atoms with van der Waals surface area (Å²) in [5.74, 6) is -1.39. The molecule has 106 valence electrons. The molecule has 0 saturated heterocycles. The van der Waals surface area contributed by atoms with E-state index in [9.17, 15) is 9.90 Å². The molecular formula is C16H12BrNO2S. The maximum atomic E-state index is 11.6. The molecule has 1 aromatic heterocycles. The van der Waals surface area contributed by atoms with Crippen molar-refractivity contribution in [3.05, 3.63) is 63.6 Å². The fourth-order valence-corrected chi connectivity index (χ4v) is 3.50. The first-order valence-electron chi connectivity index (χ1n) is 6.46. The number of nitrogens with zero attached hydrogens (tertiary/aromatic N) is 1. The van der Waals surface area contributed by atoms with Gasteiger partial charge in [-0.15, -0.1) is 11.3 Å². The molecule has 0 amide bonds. The summed E-state index contributed by atoms with van der Waals surface area (Å²) in [6.45, 7) is 0. The van der Waals surface area contributed by atoms with Gasteiger partial charge >= 0.3 is 5.97 Å². The summed E-state index contributed by atoms with van der Waals surface area (Å²) >= 11 is 4.92. The maximum Gasteiger partial charge on any atom is 0.311 e. The van der Waals surface area contributed by atoms with Gasteiger partial charge in [-0.25, -0.2) is 4.98 Å². The summed E-state index contributed by atoms with van der Waals surface area (Å²) in [6.07, 6.45) is 0.413. The number of thiazole rings is 1. The van der Waals surface area contributed by atoms with Gasteiger partial charge < -0.3 is 5.11 Å². The third kappa shape index (κ3) is 3.14. The fraction of sp³-hybridized carbons (Fsp3) is 0.125. The Morgan fingerprint density at radius 1 is 1.19 bits per heavy atom. The van der Waals surface area contributed by atoms with Gasteiger partial charge in [-0.05, 0) is 29.8 Å². The van der Waals surface area contributed by atoms with E-state index >= 15 is 0 Å². The number of carbonyl (C=O) groups is 1. The highest BCUT2D eigenvalue weighted by molar-refractivity contribution is 9.10. The van der Waals surface area contributed by atoms with Crippen molar-refractivity contribution in [2.24, 2.45) is 0 Å². The molecule has 3 rings (SSSR count). The minimum Gasteiger partial charge on any atom is -0.481 e. The number of rotatable bonds is 4.